The smallest absolute Gasteiger partial charge is 0.0594 e. The van der Waals surface area contributed by atoms with E-state index < -0.39 is 0 Å². The van der Waals surface area contributed by atoms with Crippen LogP contribution in [0.25, 0.3) is 21.8 Å². The first-order valence-electron chi connectivity index (χ1n) is 12.8. The lowest BCUT2D eigenvalue weighted by molar-refractivity contribution is 0.0365. The Balaban J connectivity index is 0.000000170. The molecule has 0 saturated carbocycles. The molecule has 6 rings (SSSR count). The van der Waals surface area contributed by atoms with Crippen LogP contribution in [-0.4, -0.2) is 90.9 Å². The summed E-state index contributed by atoms with van der Waals surface area (Å²) in [5, 5.41) is 2.53. The number of aromatic nitrogens is 2. The minimum absolute atomic E-state index is 0. The van der Waals surface area contributed by atoms with E-state index in [0.29, 0.717) is 0 Å². The maximum Gasteiger partial charge on any atom is 0.0594 e. The molecule has 2 aliphatic heterocycles. The minimum Gasteiger partial charge on any atom is -0.379 e. The highest BCUT2D eigenvalue weighted by atomic mass is 79.9. The Bertz CT molecular complexity index is 1220. The van der Waals surface area contributed by atoms with Crippen LogP contribution < -0.4 is 0 Å². The van der Waals surface area contributed by atoms with Crippen LogP contribution in [0.3, 0.4) is 0 Å². The molecule has 1 N–H and O–H groups in total. The highest BCUT2D eigenvalue weighted by Gasteiger charge is 2.11. The molecular formula is C29H39Br2ClN4O2. The molecule has 2 aliphatic rings. The van der Waals surface area contributed by atoms with Crippen molar-refractivity contribution >= 4 is 65.3 Å². The lowest BCUT2D eigenvalue weighted by Gasteiger charge is -2.26. The molecule has 2 fully saturated rings. The number of hydrogen-bond donors (Lipinski definition) is 1. The number of benzene rings is 2. The van der Waals surface area contributed by atoms with E-state index in [9.17, 15) is 0 Å². The largest absolute Gasteiger partial charge is 0.379 e. The van der Waals surface area contributed by atoms with Crippen molar-refractivity contribution in [1.29, 1.82) is 0 Å². The summed E-state index contributed by atoms with van der Waals surface area (Å²) in [4.78, 5) is 7.91. The number of nitrogens with zero attached hydrogens (tertiary/aromatic N) is 3. The summed E-state index contributed by atoms with van der Waals surface area (Å²) in [7, 11) is 0. The lowest BCUT2D eigenvalue weighted by atomic mass is 10.2. The Labute approximate surface area is 248 Å². The van der Waals surface area contributed by atoms with Gasteiger partial charge in [0.05, 0.1) is 26.4 Å². The quantitative estimate of drug-likeness (QED) is 0.236. The van der Waals surface area contributed by atoms with E-state index in [4.69, 9.17) is 21.1 Å². The second kappa shape index (κ2) is 16.7. The molecule has 0 amide bonds. The van der Waals surface area contributed by atoms with E-state index >= 15 is 0 Å². The van der Waals surface area contributed by atoms with Crippen molar-refractivity contribution in [2.45, 2.75) is 14.0 Å². The Morgan fingerprint density at radius 1 is 0.737 bits per heavy atom. The van der Waals surface area contributed by atoms with Gasteiger partial charge in [-0.05, 0) is 36.4 Å². The third-order valence-electron chi connectivity index (χ3n) is 6.57. The normalized spacial score (nSPS) is 16.3. The number of H-pyrrole nitrogens is 1. The van der Waals surface area contributed by atoms with Crippen LogP contribution >= 0.6 is 43.5 Å². The molecule has 0 unspecified atom stereocenters. The first-order chi connectivity index (χ1) is 18.2. The van der Waals surface area contributed by atoms with E-state index in [-0.39, 0.29) is 7.43 Å². The standard InChI is InChI=1S/C14H17BrN2O.C8H6BrN.C6H12ClNO.CH4/c15-13-2-1-3-14-12(13)4-5-17(14)7-6-16-8-10-18-11-9-16;9-7-2-1-3-8-6(7)4-5-10-8;7-1-2-8-3-5-9-6-4-8;/h1-5H,6-11H2;1-5,10H;1-6H2;1H4. The highest BCUT2D eigenvalue weighted by molar-refractivity contribution is 9.11. The van der Waals surface area contributed by atoms with Gasteiger partial charge < -0.3 is 19.0 Å². The number of alkyl halides is 1. The van der Waals surface area contributed by atoms with Crippen molar-refractivity contribution in [2.24, 2.45) is 0 Å². The molecule has 0 radical (unpaired) electrons. The zero-order chi connectivity index (χ0) is 25.9. The van der Waals surface area contributed by atoms with Gasteiger partial charge in [0.25, 0.3) is 0 Å². The summed E-state index contributed by atoms with van der Waals surface area (Å²) < 4.78 is 15.2. The van der Waals surface area contributed by atoms with E-state index in [0.717, 1.165) is 82.6 Å². The number of ether oxygens (including phenoxy) is 2. The van der Waals surface area contributed by atoms with Gasteiger partial charge in [0, 0.05) is 94.8 Å². The first-order valence-corrected chi connectivity index (χ1v) is 14.9. The maximum absolute atomic E-state index is 5.55. The number of nitrogens with one attached hydrogen (secondary N) is 1. The van der Waals surface area contributed by atoms with Gasteiger partial charge in [-0.3, -0.25) is 9.80 Å². The Morgan fingerprint density at radius 3 is 1.97 bits per heavy atom. The SMILES string of the molecule is Brc1cccc2[nH]ccc12.Brc1cccc2c1ccn2CCN1CCOCC1.C.ClCCN1CCOCC1. The average molecular weight is 671 g/mol. The van der Waals surface area contributed by atoms with E-state index in [1.807, 2.05) is 18.3 Å². The number of morpholine rings is 2. The molecule has 2 saturated heterocycles. The average Bonchev–Trinajstić information content (AvgIpc) is 3.59. The summed E-state index contributed by atoms with van der Waals surface area (Å²) in [6.07, 6.45) is 4.12. The third-order valence-corrected chi connectivity index (χ3v) is 8.12. The van der Waals surface area contributed by atoms with E-state index in [1.54, 1.807) is 0 Å². The summed E-state index contributed by atoms with van der Waals surface area (Å²) in [6.45, 7) is 10.8. The van der Waals surface area contributed by atoms with Gasteiger partial charge in [0.2, 0.25) is 0 Å². The zero-order valence-corrected chi connectivity index (χ0v) is 25.0. The summed E-state index contributed by atoms with van der Waals surface area (Å²) in [5.74, 6) is 0.736. The number of rotatable bonds is 5. The molecule has 2 aromatic carbocycles. The molecule has 38 heavy (non-hydrogen) atoms. The molecule has 4 heterocycles. The van der Waals surface area contributed by atoms with Crippen LogP contribution in [0.4, 0.5) is 0 Å². The highest BCUT2D eigenvalue weighted by Crippen LogP contribution is 2.24. The van der Waals surface area contributed by atoms with Crippen molar-refractivity contribution in [2.75, 3.05) is 71.6 Å². The van der Waals surface area contributed by atoms with E-state index in [1.165, 1.54) is 26.3 Å². The monoisotopic (exact) mass is 668 g/mol. The van der Waals surface area contributed by atoms with Gasteiger partial charge in [-0.15, -0.1) is 11.6 Å². The minimum atomic E-state index is 0. The van der Waals surface area contributed by atoms with Gasteiger partial charge in [-0.1, -0.05) is 51.4 Å². The third kappa shape index (κ3) is 9.08. The van der Waals surface area contributed by atoms with Gasteiger partial charge in [-0.25, -0.2) is 0 Å². The molecule has 4 aromatic rings. The van der Waals surface area contributed by atoms with Crippen molar-refractivity contribution in [3.63, 3.8) is 0 Å². The summed E-state index contributed by atoms with van der Waals surface area (Å²) >= 11 is 12.6. The van der Waals surface area contributed by atoms with Crippen LogP contribution in [0.2, 0.25) is 0 Å². The molecule has 0 spiro atoms. The zero-order valence-electron chi connectivity index (χ0n) is 21.1. The Kier molecular flexibility index (Phi) is 13.6. The second-order valence-electron chi connectivity index (χ2n) is 8.96. The van der Waals surface area contributed by atoms with Crippen LogP contribution in [0.15, 0.2) is 69.9 Å². The fourth-order valence-corrected chi connectivity index (χ4v) is 5.67. The van der Waals surface area contributed by atoms with Gasteiger partial charge in [0.15, 0.2) is 0 Å². The fourth-order valence-electron chi connectivity index (χ4n) is 4.45. The van der Waals surface area contributed by atoms with Gasteiger partial charge >= 0.3 is 0 Å². The van der Waals surface area contributed by atoms with Crippen LogP contribution in [0, 0.1) is 0 Å². The van der Waals surface area contributed by atoms with Gasteiger partial charge in [-0.2, -0.15) is 0 Å². The maximum atomic E-state index is 5.55. The van der Waals surface area contributed by atoms with Crippen LogP contribution in [-0.2, 0) is 16.0 Å². The van der Waals surface area contributed by atoms with Gasteiger partial charge in [0.1, 0.15) is 0 Å². The lowest BCUT2D eigenvalue weighted by Crippen LogP contribution is -2.38. The molecule has 0 bridgehead atoms. The Morgan fingerprint density at radius 2 is 1.34 bits per heavy atom. The second-order valence-corrected chi connectivity index (χ2v) is 11.0. The molecule has 0 aliphatic carbocycles. The summed E-state index contributed by atoms with van der Waals surface area (Å²) in [6, 6.07) is 16.7. The van der Waals surface area contributed by atoms with Crippen LogP contribution in [0.1, 0.15) is 7.43 Å². The predicted molar refractivity (Wildman–Crippen MR) is 168 cm³/mol. The topological polar surface area (TPSA) is 45.7 Å². The molecule has 208 valence electrons. The summed E-state index contributed by atoms with van der Waals surface area (Å²) in [5.41, 5.74) is 2.48. The van der Waals surface area contributed by atoms with Crippen LogP contribution in [0.5, 0.6) is 0 Å². The van der Waals surface area contributed by atoms with Crippen molar-refractivity contribution in [3.8, 4) is 0 Å². The first kappa shape index (κ1) is 31.1. The number of fused-ring (bicyclic) bond motifs is 2. The number of hydrogen-bond acceptors (Lipinski definition) is 4. The molecule has 6 nitrogen and oxygen atoms in total. The van der Waals surface area contributed by atoms with Crippen molar-refractivity contribution in [3.05, 3.63) is 69.9 Å². The molecule has 2 aromatic heterocycles. The number of aromatic amines is 1. The van der Waals surface area contributed by atoms with Crippen molar-refractivity contribution < 1.29 is 9.47 Å². The fraction of sp³-hybridized carbons (Fsp3) is 0.448. The number of halogens is 3. The van der Waals surface area contributed by atoms with Crippen molar-refractivity contribution in [1.82, 2.24) is 19.4 Å². The Hall–Kier alpha value is -1.39. The van der Waals surface area contributed by atoms with E-state index in [2.05, 4.69) is 93.8 Å². The molecular weight excluding hydrogens is 632 g/mol. The molecule has 9 heteroatoms. The predicted octanol–water partition coefficient (Wildman–Crippen LogP) is 6.86. The molecule has 0 atom stereocenters.